The van der Waals surface area contributed by atoms with Crippen LogP contribution in [0.4, 0.5) is 5.69 Å². The van der Waals surface area contributed by atoms with Crippen LogP contribution in [0, 0.1) is 12.8 Å². The van der Waals surface area contributed by atoms with Gasteiger partial charge < -0.3 is 10.4 Å². The van der Waals surface area contributed by atoms with Gasteiger partial charge in [0.05, 0.1) is 11.3 Å². The number of anilines is 1. The molecule has 2 rings (SSSR count). The Balaban J connectivity index is 2.18. The van der Waals surface area contributed by atoms with Gasteiger partial charge >= 0.3 is 5.97 Å². The van der Waals surface area contributed by atoms with Gasteiger partial charge in [-0.25, -0.2) is 4.79 Å². The van der Waals surface area contributed by atoms with Gasteiger partial charge in [0, 0.05) is 16.1 Å². The molecule has 0 spiro atoms. The van der Waals surface area contributed by atoms with Crippen molar-refractivity contribution in [1.82, 2.24) is 0 Å². The Hall–Kier alpha value is -1.52. The molecule has 23 heavy (non-hydrogen) atoms. The molecule has 0 heterocycles. The van der Waals surface area contributed by atoms with Crippen molar-refractivity contribution in [2.75, 3.05) is 5.32 Å². The van der Waals surface area contributed by atoms with Crippen LogP contribution in [0.5, 0.6) is 0 Å². The molecule has 124 valence electrons. The normalized spacial score (nSPS) is 16.2. The van der Waals surface area contributed by atoms with Gasteiger partial charge in [-0.3, -0.25) is 4.79 Å². The number of allylic oxidation sites excluding steroid dienone is 1. The molecule has 1 aromatic carbocycles. The number of rotatable bonds is 4. The summed E-state index contributed by atoms with van der Waals surface area (Å²) in [5, 5.41) is 12.7. The summed E-state index contributed by atoms with van der Waals surface area (Å²) in [4.78, 5) is 23.5. The summed E-state index contributed by atoms with van der Waals surface area (Å²) in [6, 6.07) is 2.93. The molecular formula is C17H19Cl2NO3. The lowest BCUT2D eigenvalue weighted by molar-refractivity contribution is -0.112. The average Bonchev–Trinajstić information content (AvgIpc) is 2.50. The smallest absolute Gasteiger partial charge is 0.337 e. The van der Waals surface area contributed by atoms with Gasteiger partial charge in [0.15, 0.2) is 0 Å². The van der Waals surface area contributed by atoms with Crippen LogP contribution in [-0.2, 0) is 4.79 Å². The highest BCUT2D eigenvalue weighted by atomic mass is 35.5. The molecule has 1 amide bonds. The van der Waals surface area contributed by atoms with Crippen molar-refractivity contribution < 1.29 is 14.7 Å². The fourth-order valence-electron chi connectivity index (χ4n) is 2.86. The first-order valence-electron chi connectivity index (χ1n) is 7.60. The minimum absolute atomic E-state index is 0.0365. The molecule has 6 heteroatoms. The van der Waals surface area contributed by atoms with Crippen LogP contribution >= 0.6 is 23.2 Å². The number of halogens is 2. The molecule has 1 aliphatic carbocycles. The second kappa shape index (κ2) is 7.84. The lowest BCUT2D eigenvalue weighted by atomic mass is 9.89. The Morgan fingerprint density at radius 1 is 1.26 bits per heavy atom. The molecule has 0 aliphatic heterocycles. The number of carbonyl (C=O) groups excluding carboxylic acids is 1. The summed E-state index contributed by atoms with van der Waals surface area (Å²) in [7, 11) is 0. The molecule has 1 saturated carbocycles. The lowest BCUT2D eigenvalue weighted by Gasteiger charge is -2.20. The van der Waals surface area contributed by atoms with E-state index in [1.54, 1.807) is 13.0 Å². The zero-order valence-electron chi connectivity index (χ0n) is 12.9. The highest BCUT2D eigenvalue weighted by Gasteiger charge is 2.19. The number of amides is 1. The average molecular weight is 356 g/mol. The molecule has 0 unspecified atom stereocenters. The Bertz CT molecular complexity index is 649. The molecule has 1 aromatic rings. The van der Waals surface area contributed by atoms with Crippen LogP contribution in [0.2, 0.25) is 5.02 Å². The van der Waals surface area contributed by atoms with E-state index in [0.29, 0.717) is 15.6 Å². The van der Waals surface area contributed by atoms with E-state index in [4.69, 9.17) is 23.2 Å². The van der Waals surface area contributed by atoms with Crippen molar-refractivity contribution in [3.63, 3.8) is 0 Å². The van der Waals surface area contributed by atoms with E-state index in [1.165, 1.54) is 18.6 Å². The number of aryl methyl sites for hydroxylation is 1. The zero-order chi connectivity index (χ0) is 17.0. The third kappa shape index (κ3) is 4.72. The second-order valence-corrected chi connectivity index (χ2v) is 6.68. The summed E-state index contributed by atoms with van der Waals surface area (Å²) < 4.78 is 0. The summed E-state index contributed by atoms with van der Waals surface area (Å²) in [5.74, 6) is -1.34. The van der Waals surface area contributed by atoms with Crippen LogP contribution in [0.1, 0.15) is 48.0 Å². The van der Waals surface area contributed by atoms with Crippen molar-refractivity contribution in [2.45, 2.75) is 39.0 Å². The Morgan fingerprint density at radius 3 is 2.52 bits per heavy atom. The maximum absolute atomic E-state index is 12.2. The van der Waals surface area contributed by atoms with E-state index >= 15 is 0 Å². The van der Waals surface area contributed by atoms with Crippen LogP contribution in [0.15, 0.2) is 23.2 Å². The summed E-state index contributed by atoms with van der Waals surface area (Å²) >= 11 is 12.1. The second-order valence-electron chi connectivity index (χ2n) is 5.80. The van der Waals surface area contributed by atoms with Gasteiger partial charge in [-0.1, -0.05) is 42.5 Å². The highest BCUT2D eigenvalue weighted by Crippen LogP contribution is 2.32. The summed E-state index contributed by atoms with van der Waals surface area (Å²) in [5.41, 5.74) is 0.798. The number of carboxylic acid groups (broad SMARTS) is 1. The first-order chi connectivity index (χ1) is 10.9. The minimum Gasteiger partial charge on any atom is -0.478 e. The fourth-order valence-corrected chi connectivity index (χ4v) is 3.45. The van der Waals surface area contributed by atoms with Crippen LogP contribution in [-0.4, -0.2) is 17.0 Å². The van der Waals surface area contributed by atoms with Crippen molar-refractivity contribution in [1.29, 1.82) is 0 Å². The standard InChI is InChI=1S/C17H19Cl2NO3/c1-10-7-12(18)8-13(17(22)23)16(10)20-15(21)9-14(19)11-5-3-2-4-6-11/h7-9,11H,2-6H2,1H3,(H,20,21)(H,22,23)/b14-9+. The maximum Gasteiger partial charge on any atom is 0.337 e. The quantitative estimate of drug-likeness (QED) is 0.747. The number of aromatic carboxylic acids is 1. The SMILES string of the molecule is Cc1cc(Cl)cc(C(=O)O)c1NC(=O)/C=C(/Cl)C1CCCCC1. The molecule has 0 atom stereocenters. The predicted octanol–water partition coefficient (Wildman–Crippen LogP) is 4.99. The van der Waals surface area contributed by atoms with Gasteiger partial charge in [-0.05, 0) is 43.4 Å². The van der Waals surface area contributed by atoms with Crippen molar-refractivity contribution in [3.05, 3.63) is 39.4 Å². The number of carbonyl (C=O) groups is 2. The number of carboxylic acids is 1. The molecule has 0 bridgehead atoms. The van der Waals surface area contributed by atoms with Gasteiger partial charge in [0.1, 0.15) is 0 Å². The van der Waals surface area contributed by atoms with Gasteiger partial charge in [0.25, 0.3) is 0 Å². The summed E-state index contributed by atoms with van der Waals surface area (Å²) in [6.07, 6.45) is 6.79. The van der Waals surface area contributed by atoms with Crippen LogP contribution < -0.4 is 5.32 Å². The first-order valence-corrected chi connectivity index (χ1v) is 8.35. The van der Waals surface area contributed by atoms with Crippen molar-refractivity contribution in [3.8, 4) is 0 Å². The molecular weight excluding hydrogens is 337 g/mol. The van der Waals surface area contributed by atoms with Gasteiger partial charge in [-0.15, -0.1) is 0 Å². The third-order valence-electron chi connectivity index (χ3n) is 4.04. The number of hydrogen-bond acceptors (Lipinski definition) is 2. The van der Waals surface area contributed by atoms with Gasteiger partial charge in [0.2, 0.25) is 5.91 Å². The monoisotopic (exact) mass is 355 g/mol. The van der Waals surface area contributed by atoms with E-state index in [-0.39, 0.29) is 17.2 Å². The van der Waals surface area contributed by atoms with E-state index in [1.807, 2.05) is 0 Å². The van der Waals surface area contributed by atoms with E-state index in [9.17, 15) is 14.7 Å². The molecule has 0 saturated heterocycles. The van der Waals surface area contributed by atoms with E-state index in [0.717, 1.165) is 25.7 Å². The summed E-state index contributed by atoms with van der Waals surface area (Å²) in [6.45, 7) is 1.69. The number of benzene rings is 1. The maximum atomic E-state index is 12.2. The van der Waals surface area contributed by atoms with Crippen molar-refractivity contribution >= 4 is 40.8 Å². The van der Waals surface area contributed by atoms with Crippen LogP contribution in [0.3, 0.4) is 0 Å². The zero-order valence-corrected chi connectivity index (χ0v) is 14.4. The lowest BCUT2D eigenvalue weighted by Crippen LogP contribution is -2.15. The third-order valence-corrected chi connectivity index (χ3v) is 4.68. The van der Waals surface area contributed by atoms with Crippen molar-refractivity contribution in [2.24, 2.45) is 5.92 Å². The minimum atomic E-state index is -1.15. The highest BCUT2D eigenvalue weighted by molar-refractivity contribution is 6.32. The molecule has 1 aliphatic rings. The molecule has 1 fully saturated rings. The van der Waals surface area contributed by atoms with E-state index < -0.39 is 11.9 Å². The number of nitrogens with one attached hydrogen (secondary N) is 1. The first kappa shape index (κ1) is 17.8. The molecule has 0 radical (unpaired) electrons. The molecule has 0 aromatic heterocycles. The van der Waals surface area contributed by atoms with Crippen LogP contribution in [0.25, 0.3) is 0 Å². The molecule has 2 N–H and O–H groups in total. The van der Waals surface area contributed by atoms with Gasteiger partial charge in [-0.2, -0.15) is 0 Å². The Labute approximate surface area is 145 Å². The van der Waals surface area contributed by atoms with E-state index in [2.05, 4.69) is 5.32 Å². The number of hydrogen-bond donors (Lipinski definition) is 2. The fraction of sp³-hybridized carbons (Fsp3) is 0.412. The molecule has 4 nitrogen and oxygen atoms in total. The Morgan fingerprint density at radius 2 is 1.91 bits per heavy atom. The predicted molar refractivity (Wildman–Crippen MR) is 92.3 cm³/mol. The topological polar surface area (TPSA) is 66.4 Å². The largest absolute Gasteiger partial charge is 0.478 e. The Kier molecular flexibility index (Phi) is 6.08.